The summed E-state index contributed by atoms with van der Waals surface area (Å²) in [5.41, 5.74) is -0.971. The maximum atomic E-state index is 13.5. The molecule has 3 fully saturated rings. The smallest absolute Gasteiger partial charge is 0.319 e. The molecule has 0 bridgehead atoms. The number of carbonyl (C=O) groups is 3. The third kappa shape index (κ3) is 4.36. The van der Waals surface area contributed by atoms with E-state index < -0.39 is 29.4 Å². The number of aliphatic carboxylic acids is 1. The lowest BCUT2D eigenvalue weighted by molar-refractivity contribution is -0.167. The van der Waals surface area contributed by atoms with Crippen molar-refractivity contribution in [1.82, 2.24) is 4.90 Å². The molecule has 28 heavy (non-hydrogen) atoms. The minimum absolute atomic E-state index is 0.00790. The zero-order chi connectivity index (χ0) is 20.5. The van der Waals surface area contributed by atoms with Crippen LogP contribution in [0.4, 0.5) is 0 Å². The fraction of sp³-hybridized carbons (Fsp3) is 0.864. The van der Waals surface area contributed by atoms with Crippen molar-refractivity contribution in [3.05, 3.63) is 0 Å². The van der Waals surface area contributed by atoms with Crippen LogP contribution in [0.5, 0.6) is 0 Å². The molecule has 1 saturated heterocycles. The van der Waals surface area contributed by atoms with E-state index in [0.29, 0.717) is 6.54 Å². The summed E-state index contributed by atoms with van der Waals surface area (Å²) >= 11 is 0. The van der Waals surface area contributed by atoms with Gasteiger partial charge >= 0.3 is 11.9 Å². The van der Waals surface area contributed by atoms with Crippen LogP contribution in [0, 0.1) is 23.2 Å². The number of nitrogens with zero attached hydrogens (tertiary/aromatic N) is 1. The van der Waals surface area contributed by atoms with E-state index in [1.807, 2.05) is 20.8 Å². The van der Waals surface area contributed by atoms with E-state index in [1.54, 1.807) is 4.90 Å². The molecule has 0 aromatic rings. The number of ether oxygens (including phenoxy) is 1. The lowest BCUT2D eigenvalue weighted by Gasteiger charge is -2.36. The van der Waals surface area contributed by atoms with Gasteiger partial charge in [0.05, 0.1) is 5.92 Å². The zero-order valence-electron chi connectivity index (χ0n) is 17.5. The Morgan fingerprint density at radius 1 is 1.04 bits per heavy atom. The van der Waals surface area contributed by atoms with Crippen LogP contribution >= 0.6 is 0 Å². The van der Waals surface area contributed by atoms with Crippen molar-refractivity contribution in [3.8, 4) is 0 Å². The second-order valence-electron chi connectivity index (χ2n) is 10.1. The first-order chi connectivity index (χ1) is 13.1. The van der Waals surface area contributed by atoms with E-state index in [4.69, 9.17) is 4.74 Å². The van der Waals surface area contributed by atoms with Gasteiger partial charge in [-0.25, -0.2) is 0 Å². The molecular formula is C22H35NO5. The van der Waals surface area contributed by atoms with Crippen molar-refractivity contribution >= 4 is 17.8 Å². The Kier molecular flexibility index (Phi) is 6.06. The number of hydrogen-bond donors (Lipinski definition) is 1. The first-order valence-corrected chi connectivity index (χ1v) is 10.9. The number of rotatable bonds is 4. The van der Waals surface area contributed by atoms with Crippen LogP contribution in [0.15, 0.2) is 0 Å². The Morgan fingerprint density at radius 2 is 1.64 bits per heavy atom. The van der Waals surface area contributed by atoms with E-state index >= 15 is 0 Å². The van der Waals surface area contributed by atoms with Gasteiger partial charge in [-0.15, -0.1) is 0 Å². The molecule has 1 N–H and O–H groups in total. The lowest BCUT2D eigenvalue weighted by Crippen LogP contribution is -2.44. The van der Waals surface area contributed by atoms with Crippen molar-refractivity contribution in [2.24, 2.45) is 23.2 Å². The van der Waals surface area contributed by atoms with Crippen LogP contribution in [0.1, 0.15) is 78.6 Å². The summed E-state index contributed by atoms with van der Waals surface area (Å²) in [4.78, 5) is 40.1. The average Bonchev–Trinajstić information content (AvgIpc) is 3.23. The molecule has 6 heteroatoms. The maximum absolute atomic E-state index is 13.5. The van der Waals surface area contributed by atoms with Gasteiger partial charge in [0.2, 0.25) is 5.91 Å². The standard InChI is InChI=1S/C22H35NO5/c1-21(2,3)28-20(27)17(15-9-5-6-10-15)18(24)23-13-16(19(25)26)22(14-23)11-7-4-8-12-22/h15-17H,4-14H2,1-3H3,(H,25,26). The van der Waals surface area contributed by atoms with Crippen LogP contribution in [0.2, 0.25) is 0 Å². The second kappa shape index (κ2) is 8.03. The predicted molar refractivity (Wildman–Crippen MR) is 105 cm³/mol. The highest BCUT2D eigenvalue weighted by Gasteiger charge is 2.53. The summed E-state index contributed by atoms with van der Waals surface area (Å²) in [7, 11) is 0. The summed E-state index contributed by atoms with van der Waals surface area (Å²) in [5, 5.41) is 9.81. The third-order valence-corrected chi connectivity index (χ3v) is 6.91. The number of carboxylic acid groups (broad SMARTS) is 1. The summed E-state index contributed by atoms with van der Waals surface area (Å²) < 4.78 is 5.60. The summed E-state index contributed by atoms with van der Waals surface area (Å²) in [5.74, 6) is -2.79. The first-order valence-electron chi connectivity index (χ1n) is 10.9. The van der Waals surface area contributed by atoms with Crippen LogP contribution in [-0.4, -0.2) is 46.5 Å². The minimum atomic E-state index is -0.813. The van der Waals surface area contributed by atoms with Crippen LogP contribution in [-0.2, 0) is 19.1 Å². The topological polar surface area (TPSA) is 83.9 Å². The number of carboxylic acids is 1. The van der Waals surface area contributed by atoms with Gasteiger partial charge in [0.1, 0.15) is 11.5 Å². The number of carbonyl (C=O) groups excluding carboxylic acids is 2. The molecule has 158 valence electrons. The van der Waals surface area contributed by atoms with Crippen molar-refractivity contribution < 1.29 is 24.2 Å². The van der Waals surface area contributed by atoms with Gasteiger partial charge in [-0.05, 0) is 52.4 Å². The van der Waals surface area contributed by atoms with Gasteiger partial charge in [0.25, 0.3) is 0 Å². The Balaban J connectivity index is 1.82. The average molecular weight is 394 g/mol. The molecular weight excluding hydrogens is 358 g/mol. The van der Waals surface area contributed by atoms with Gasteiger partial charge in [-0.3, -0.25) is 14.4 Å². The highest BCUT2D eigenvalue weighted by Crippen LogP contribution is 2.48. The molecule has 0 radical (unpaired) electrons. The quantitative estimate of drug-likeness (QED) is 0.582. The Labute approximate surface area is 168 Å². The molecule has 2 aliphatic carbocycles. The molecule has 6 nitrogen and oxygen atoms in total. The number of amides is 1. The van der Waals surface area contributed by atoms with Gasteiger partial charge in [-0.1, -0.05) is 32.1 Å². The van der Waals surface area contributed by atoms with E-state index in [-0.39, 0.29) is 23.8 Å². The van der Waals surface area contributed by atoms with Crippen LogP contribution < -0.4 is 0 Å². The van der Waals surface area contributed by atoms with E-state index in [1.165, 1.54) is 0 Å². The molecule has 2 saturated carbocycles. The third-order valence-electron chi connectivity index (χ3n) is 6.91. The Bertz CT molecular complexity index is 611. The maximum Gasteiger partial charge on any atom is 0.319 e. The van der Waals surface area contributed by atoms with E-state index in [0.717, 1.165) is 57.8 Å². The molecule has 0 aromatic carbocycles. The molecule has 1 spiro atoms. The van der Waals surface area contributed by atoms with Crippen LogP contribution in [0.3, 0.4) is 0 Å². The molecule has 1 amide bonds. The summed E-state index contributed by atoms with van der Waals surface area (Å²) in [6, 6.07) is 0. The molecule has 3 aliphatic rings. The van der Waals surface area contributed by atoms with Gasteiger partial charge < -0.3 is 14.7 Å². The first kappa shape index (κ1) is 21.1. The van der Waals surface area contributed by atoms with Gasteiger partial charge in [-0.2, -0.15) is 0 Å². The zero-order valence-corrected chi connectivity index (χ0v) is 17.5. The van der Waals surface area contributed by atoms with Crippen molar-refractivity contribution in [2.75, 3.05) is 13.1 Å². The van der Waals surface area contributed by atoms with Gasteiger partial charge in [0, 0.05) is 18.5 Å². The molecule has 1 aliphatic heterocycles. The SMILES string of the molecule is CC(C)(C)OC(=O)C(C(=O)N1CC(C(=O)O)C2(CCCCC2)C1)C1CCCC1. The Morgan fingerprint density at radius 3 is 2.18 bits per heavy atom. The lowest BCUT2D eigenvalue weighted by atomic mass is 9.68. The highest BCUT2D eigenvalue weighted by atomic mass is 16.6. The van der Waals surface area contributed by atoms with Crippen molar-refractivity contribution in [2.45, 2.75) is 84.2 Å². The fourth-order valence-electron chi connectivity index (χ4n) is 5.59. The van der Waals surface area contributed by atoms with E-state index in [2.05, 4.69) is 0 Å². The van der Waals surface area contributed by atoms with Crippen LogP contribution in [0.25, 0.3) is 0 Å². The van der Waals surface area contributed by atoms with Crippen molar-refractivity contribution in [3.63, 3.8) is 0 Å². The monoisotopic (exact) mass is 393 g/mol. The molecule has 0 aromatic heterocycles. The number of hydrogen-bond acceptors (Lipinski definition) is 4. The van der Waals surface area contributed by atoms with Gasteiger partial charge in [0.15, 0.2) is 0 Å². The van der Waals surface area contributed by atoms with Crippen molar-refractivity contribution in [1.29, 1.82) is 0 Å². The summed E-state index contributed by atoms with van der Waals surface area (Å²) in [6.07, 6.45) is 8.65. The Hall–Kier alpha value is -1.59. The normalized spacial score (nSPS) is 26.4. The second-order valence-corrected chi connectivity index (χ2v) is 10.1. The predicted octanol–water partition coefficient (Wildman–Crippen LogP) is 3.63. The molecule has 3 rings (SSSR count). The summed E-state index contributed by atoms with van der Waals surface area (Å²) in [6.45, 7) is 6.13. The number of esters is 1. The highest BCUT2D eigenvalue weighted by molar-refractivity contribution is 5.98. The number of likely N-dealkylation sites (tertiary alicyclic amines) is 1. The fourth-order valence-corrected chi connectivity index (χ4v) is 5.59. The molecule has 1 heterocycles. The van der Waals surface area contributed by atoms with E-state index in [9.17, 15) is 19.5 Å². The minimum Gasteiger partial charge on any atom is -0.481 e. The molecule has 2 atom stereocenters. The largest absolute Gasteiger partial charge is 0.481 e. The molecule has 2 unspecified atom stereocenters.